The topological polar surface area (TPSA) is 120 Å². The summed E-state index contributed by atoms with van der Waals surface area (Å²) < 4.78 is 6.83. The van der Waals surface area contributed by atoms with Crippen LogP contribution < -0.4 is 5.73 Å². The summed E-state index contributed by atoms with van der Waals surface area (Å²) in [6.45, 7) is 0.967. The SMILES string of the molecule is COCc1cccc(Cn2cc(-c3cc(-c4cc[nH]c4)nc(N)n3)nn2)n1. The Bertz CT molecular complexity index is 1040. The smallest absolute Gasteiger partial charge is 0.221 e. The maximum Gasteiger partial charge on any atom is 0.221 e. The Hall–Kier alpha value is -3.59. The van der Waals surface area contributed by atoms with Crippen molar-refractivity contribution in [2.24, 2.45) is 0 Å². The van der Waals surface area contributed by atoms with E-state index in [1.165, 1.54) is 0 Å². The first-order valence-electron chi connectivity index (χ1n) is 8.33. The molecule has 4 heterocycles. The molecule has 0 aliphatic heterocycles. The van der Waals surface area contributed by atoms with Gasteiger partial charge in [-0.3, -0.25) is 4.98 Å². The zero-order valence-electron chi connectivity index (χ0n) is 14.7. The van der Waals surface area contributed by atoms with E-state index in [4.69, 9.17) is 10.5 Å². The molecule has 0 saturated heterocycles. The third-order valence-corrected chi connectivity index (χ3v) is 3.92. The quantitative estimate of drug-likeness (QED) is 0.537. The van der Waals surface area contributed by atoms with E-state index in [9.17, 15) is 0 Å². The summed E-state index contributed by atoms with van der Waals surface area (Å²) in [5.41, 5.74) is 10.5. The van der Waals surface area contributed by atoms with Crippen LogP contribution in [0.1, 0.15) is 11.4 Å². The molecule has 0 aliphatic carbocycles. The molecule has 9 heteroatoms. The van der Waals surface area contributed by atoms with Gasteiger partial charge >= 0.3 is 0 Å². The van der Waals surface area contributed by atoms with Crippen molar-refractivity contribution < 1.29 is 4.74 Å². The highest BCUT2D eigenvalue weighted by molar-refractivity contribution is 5.66. The highest BCUT2D eigenvalue weighted by atomic mass is 16.5. The lowest BCUT2D eigenvalue weighted by atomic mass is 10.2. The van der Waals surface area contributed by atoms with Crippen molar-refractivity contribution in [3.8, 4) is 22.6 Å². The monoisotopic (exact) mass is 362 g/mol. The van der Waals surface area contributed by atoms with Gasteiger partial charge in [0.25, 0.3) is 0 Å². The Balaban J connectivity index is 1.59. The number of nitrogens with zero attached hydrogens (tertiary/aromatic N) is 6. The van der Waals surface area contributed by atoms with Gasteiger partial charge < -0.3 is 15.5 Å². The van der Waals surface area contributed by atoms with Gasteiger partial charge in [0, 0.05) is 25.1 Å². The first-order valence-corrected chi connectivity index (χ1v) is 8.33. The Morgan fingerprint density at radius 1 is 1.07 bits per heavy atom. The van der Waals surface area contributed by atoms with Gasteiger partial charge in [-0.2, -0.15) is 0 Å². The number of anilines is 1. The van der Waals surface area contributed by atoms with Crippen LogP contribution in [0.4, 0.5) is 5.95 Å². The second-order valence-electron chi connectivity index (χ2n) is 5.95. The highest BCUT2D eigenvalue weighted by Gasteiger charge is 2.11. The number of hydrogen-bond donors (Lipinski definition) is 2. The van der Waals surface area contributed by atoms with E-state index in [1.807, 2.05) is 48.9 Å². The van der Waals surface area contributed by atoms with Gasteiger partial charge in [-0.05, 0) is 24.3 Å². The summed E-state index contributed by atoms with van der Waals surface area (Å²) in [7, 11) is 1.65. The zero-order valence-corrected chi connectivity index (χ0v) is 14.7. The first kappa shape index (κ1) is 16.9. The fraction of sp³-hybridized carbons (Fsp3) is 0.167. The molecule has 0 spiro atoms. The first-order chi connectivity index (χ1) is 13.2. The fourth-order valence-electron chi connectivity index (χ4n) is 2.73. The van der Waals surface area contributed by atoms with Crippen LogP contribution in [0.15, 0.2) is 48.9 Å². The average Bonchev–Trinajstić information content (AvgIpc) is 3.34. The molecule has 0 radical (unpaired) electrons. The Labute approximate surface area is 155 Å². The molecule has 0 bridgehead atoms. The van der Waals surface area contributed by atoms with Gasteiger partial charge in [0.15, 0.2) is 0 Å². The molecule has 9 nitrogen and oxygen atoms in total. The van der Waals surface area contributed by atoms with Crippen LogP contribution in [0.3, 0.4) is 0 Å². The number of aromatic amines is 1. The van der Waals surface area contributed by atoms with Crippen LogP contribution in [0.5, 0.6) is 0 Å². The molecule has 0 unspecified atom stereocenters. The van der Waals surface area contributed by atoms with Crippen LogP contribution in [0, 0.1) is 0 Å². The van der Waals surface area contributed by atoms with Gasteiger partial charge in [0.2, 0.25) is 5.95 Å². The third kappa shape index (κ3) is 3.82. The van der Waals surface area contributed by atoms with Crippen molar-refractivity contribution >= 4 is 5.95 Å². The van der Waals surface area contributed by atoms with E-state index >= 15 is 0 Å². The number of ether oxygens (including phenoxy) is 1. The lowest BCUT2D eigenvalue weighted by Crippen LogP contribution is -2.04. The lowest BCUT2D eigenvalue weighted by molar-refractivity contribution is 0.181. The maximum atomic E-state index is 5.87. The minimum Gasteiger partial charge on any atom is -0.378 e. The number of hydrogen-bond acceptors (Lipinski definition) is 7. The zero-order chi connectivity index (χ0) is 18.6. The van der Waals surface area contributed by atoms with E-state index in [0.717, 1.165) is 22.6 Å². The molecule has 4 aromatic heterocycles. The normalized spacial score (nSPS) is 11.0. The maximum absolute atomic E-state index is 5.87. The number of H-pyrrole nitrogens is 1. The van der Waals surface area contributed by atoms with E-state index in [1.54, 1.807) is 11.8 Å². The number of aromatic nitrogens is 7. The summed E-state index contributed by atoms with van der Waals surface area (Å²) in [5.74, 6) is 0.187. The molecule has 0 amide bonds. The minimum absolute atomic E-state index is 0.187. The van der Waals surface area contributed by atoms with E-state index in [0.29, 0.717) is 24.5 Å². The molecule has 4 rings (SSSR count). The van der Waals surface area contributed by atoms with Crippen molar-refractivity contribution in [2.75, 3.05) is 12.8 Å². The summed E-state index contributed by atoms with van der Waals surface area (Å²) in [5, 5.41) is 8.39. The second-order valence-corrected chi connectivity index (χ2v) is 5.95. The van der Waals surface area contributed by atoms with Crippen LogP contribution in [0.25, 0.3) is 22.6 Å². The molecule has 4 aromatic rings. The number of methoxy groups -OCH3 is 1. The predicted molar refractivity (Wildman–Crippen MR) is 99.3 cm³/mol. The Morgan fingerprint density at radius 3 is 2.74 bits per heavy atom. The summed E-state index contributed by atoms with van der Waals surface area (Å²) >= 11 is 0. The molecule has 0 atom stereocenters. The molecule has 0 aromatic carbocycles. The number of pyridine rings is 1. The van der Waals surface area contributed by atoms with Crippen LogP contribution in [0.2, 0.25) is 0 Å². The van der Waals surface area contributed by atoms with Gasteiger partial charge in [0.1, 0.15) is 5.69 Å². The van der Waals surface area contributed by atoms with E-state index in [2.05, 4.69) is 30.2 Å². The molecule has 27 heavy (non-hydrogen) atoms. The minimum atomic E-state index is 0.187. The third-order valence-electron chi connectivity index (χ3n) is 3.92. The summed E-state index contributed by atoms with van der Waals surface area (Å²) in [4.78, 5) is 16.1. The second kappa shape index (κ2) is 7.34. The van der Waals surface area contributed by atoms with E-state index < -0.39 is 0 Å². The largest absolute Gasteiger partial charge is 0.378 e. The number of nitrogens with one attached hydrogen (secondary N) is 1. The highest BCUT2D eigenvalue weighted by Crippen LogP contribution is 2.22. The number of rotatable bonds is 6. The van der Waals surface area contributed by atoms with E-state index in [-0.39, 0.29) is 5.95 Å². The van der Waals surface area contributed by atoms with Gasteiger partial charge in [-0.25, -0.2) is 14.6 Å². The van der Waals surface area contributed by atoms with Crippen molar-refractivity contribution in [1.29, 1.82) is 0 Å². The number of nitrogen functional groups attached to an aromatic ring is 1. The molecular formula is C18H18N8O. The molecule has 136 valence electrons. The van der Waals surface area contributed by atoms with Crippen LogP contribution >= 0.6 is 0 Å². The molecule has 0 aliphatic rings. The van der Waals surface area contributed by atoms with Crippen molar-refractivity contribution in [2.45, 2.75) is 13.2 Å². The van der Waals surface area contributed by atoms with Crippen molar-refractivity contribution in [3.63, 3.8) is 0 Å². The van der Waals surface area contributed by atoms with Gasteiger partial charge in [-0.1, -0.05) is 11.3 Å². The molecule has 0 fully saturated rings. The van der Waals surface area contributed by atoms with Crippen LogP contribution in [-0.2, 0) is 17.9 Å². The van der Waals surface area contributed by atoms with Crippen molar-refractivity contribution in [3.05, 3.63) is 60.3 Å². The van der Waals surface area contributed by atoms with Gasteiger partial charge in [0.05, 0.1) is 42.1 Å². The Morgan fingerprint density at radius 2 is 1.93 bits per heavy atom. The lowest BCUT2D eigenvalue weighted by Gasteiger charge is -2.04. The molecule has 0 saturated carbocycles. The fourth-order valence-corrected chi connectivity index (χ4v) is 2.73. The van der Waals surface area contributed by atoms with Crippen molar-refractivity contribution in [1.82, 2.24) is 34.9 Å². The summed E-state index contributed by atoms with van der Waals surface area (Å²) in [6.07, 6.45) is 5.49. The molecular weight excluding hydrogens is 344 g/mol. The Kier molecular flexibility index (Phi) is 4.58. The number of nitrogens with two attached hydrogens (primary N) is 1. The molecule has 3 N–H and O–H groups in total. The predicted octanol–water partition coefficient (Wildman–Crippen LogP) is 1.90. The van der Waals surface area contributed by atoms with Gasteiger partial charge in [-0.15, -0.1) is 5.10 Å². The average molecular weight is 362 g/mol. The summed E-state index contributed by atoms with van der Waals surface area (Å²) in [6, 6.07) is 9.56. The standard InChI is InChI=1S/C18H18N8O/c1-27-11-14-4-2-3-13(21-14)9-26-10-17(24-25-26)16-7-15(22-18(19)23-16)12-5-6-20-8-12/h2-8,10,20H,9,11H2,1H3,(H2,19,22,23). The van der Waals surface area contributed by atoms with Crippen LogP contribution in [-0.4, -0.2) is 42.0 Å².